The van der Waals surface area contributed by atoms with E-state index in [0.717, 1.165) is 18.2 Å². The van der Waals surface area contributed by atoms with Crippen molar-refractivity contribution in [2.45, 2.75) is 18.1 Å². The van der Waals surface area contributed by atoms with E-state index in [1.165, 1.54) is 6.42 Å². The first-order valence-corrected chi connectivity index (χ1v) is 5.40. The Kier molecular flexibility index (Phi) is 3.55. The lowest BCUT2D eigenvalue weighted by Crippen LogP contribution is -2.02. The second kappa shape index (κ2) is 4.25. The highest BCUT2D eigenvalue weighted by molar-refractivity contribution is 8.78. The van der Waals surface area contributed by atoms with E-state index in [-0.39, 0.29) is 0 Å². The van der Waals surface area contributed by atoms with Crippen LogP contribution in [0.3, 0.4) is 0 Å². The van der Waals surface area contributed by atoms with E-state index in [0.29, 0.717) is 0 Å². The van der Waals surface area contributed by atoms with Gasteiger partial charge in [0.25, 0.3) is 0 Å². The van der Waals surface area contributed by atoms with Gasteiger partial charge in [0.05, 0.1) is 0 Å². The molecule has 0 saturated heterocycles. The Bertz CT molecular complexity index is 103. The summed E-state index contributed by atoms with van der Waals surface area (Å²) < 4.78 is 0. The van der Waals surface area contributed by atoms with E-state index in [2.05, 4.69) is 11.5 Å². The van der Waals surface area contributed by atoms with Crippen LogP contribution in [0.5, 0.6) is 0 Å². The maximum atomic E-state index is 5.37. The minimum absolute atomic E-state index is 0.735. The van der Waals surface area contributed by atoms with Gasteiger partial charge in [-0.15, -0.1) is 0 Å². The highest BCUT2D eigenvalue weighted by Crippen LogP contribution is 2.37. The molecule has 0 radical (unpaired) electrons. The quantitative estimate of drug-likeness (QED) is 0.641. The van der Waals surface area contributed by atoms with Crippen molar-refractivity contribution >= 4 is 21.6 Å². The van der Waals surface area contributed by atoms with Gasteiger partial charge in [0, 0.05) is 5.25 Å². The summed E-state index contributed by atoms with van der Waals surface area (Å²) in [5.74, 6) is 0. The standard InChI is InChI=1S/C6H11NS2/c7-4-1-2-6-3-5-8-9-6/h3,5-6H,1-2,4,7H2. The van der Waals surface area contributed by atoms with E-state index >= 15 is 0 Å². The molecule has 1 nitrogen and oxygen atoms in total. The molecule has 1 aliphatic rings. The van der Waals surface area contributed by atoms with Crippen LogP contribution in [-0.2, 0) is 0 Å². The van der Waals surface area contributed by atoms with Crippen LogP contribution in [-0.4, -0.2) is 11.8 Å². The van der Waals surface area contributed by atoms with E-state index in [1.807, 2.05) is 21.6 Å². The topological polar surface area (TPSA) is 26.0 Å². The molecule has 3 heteroatoms. The molecule has 1 heterocycles. The van der Waals surface area contributed by atoms with Crippen LogP contribution < -0.4 is 5.73 Å². The molecule has 1 atom stereocenters. The first-order chi connectivity index (χ1) is 4.43. The summed E-state index contributed by atoms with van der Waals surface area (Å²) in [5.41, 5.74) is 5.37. The van der Waals surface area contributed by atoms with Crippen molar-refractivity contribution in [1.82, 2.24) is 0 Å². The Morgan fingerprint density at radius 2 is 2.44 bits per heavy atom. The zero-order valence-electron chi connectivity index (χ0n) is 5.25. The van der Waals surface area contributed by atoms with Gasteiger partial charge in [-0.25, -0.2) is 0 Å². The Labute approximate surface area is 63.9 Å². The molecule has 1 unspecified atom stereocenters. The van der Waals surface area contributed by atoms with Gasteiger partial charge in [-0.2, -0.15) is 0 Å². The Morgan fingerprint density at radius 3 is 3.00 bits per heavy atom. The van der Waals surface area contributed by atoms with Crippen molar-refractivity contribution in [3.05, 3.63) is 11.5 Å². The average molecular weight is 161 g/mol. The summed E-state index contributed by atoms with van der Waals surface area (Å²) in [6, 6.07) is 0. The molecule has 0 aliphatic carbocycles. The van der Waals surface area contributed by atoms with Crippen molar-refractivity contribution in [3.63, 3.8) is 0 Å². The Balaban J connectivity index is 2.05. The number of nitrogens with two attached hydrogens (primary N) is 1. The smallest absolute Gasteiger partial charge is 0.0343 e. The number of hydrogen-bond acceptors (Lipinski definition) is 3. The molecule has 0 amide bonds. The molecule has 0 fully saturated rings. The van der Waals surface area contributed by atoms with Gasteiger partial charge in [-0.3, -0.25) is 0 Å². The molecule has 2 N–H and O–H groups in total. The third-order valence-corrected chi connectivity index (χ3v) is 3.65. The lowest BCUT2D eigenvalue weighted by molar-refractivity contribution is 0.771. The zero-order valence-corrected chi connectivity index (χ0v) is 6.88. The van der Waals surface area contributed by atoms with E-state index in [1.54, 1.807) is 0 Å². The molecule has 9 heavy (non-hydrogen) atoms. The molecule has 0 aromatic heterocycles. The lowest BCUT2D eigenvalue weighted by atomic mass is 10.2. The lowest BCUT2D eigenvalue weighted by Gasteiger charge is -2.02. The summed E-state index contributed by atoms with van der Waals surface area (Å²) in [6.07, 6.45) is 4.65. The van der Waals surface area contributed by atoms with Crippen LogP contribution in [0.4, 0.5) is 0 Å². The second-order valence-corrected chi connectivity index (χ2v) is 4.41. The first-order valence-electron chi connectivity index (χ1n) is 3.12. The minimum atomic E-state index is 0.735. The third-order valence-electron chi connectivity index (χ3n) is 1.22. The maximum absolute atomic E-state index is 5.37. The van der Waals surface area contributed by atoms with Gasteiger partial charge in [0.15, 0.2) is 0 Å². The fourth-order valence-electron chi connectivity index (χ4n) is 0.719. The van der Waals surface area contributed by atoms with Crippen LogP contribution >= 0.6 is 21.6 Å². The van der Waals surface area contributed by atoms with Crippen LogP contribution in [0.25, 0.3) is 0 Å². The number of hydrogen-bond donors (Lipinski definition) is 1. The van der Waals surface area contributed by atoms with Crippen molar-refractivity contribution in [3.8, 4) is 0 Å². The average Bonchev–Trinajstić information content (AvgIpc) is 2.34. The second-order valence-electron chi connectivity index (χ2n) is 1.99. The van der Waals surface area contributed by atoms with E-state index < -0.39 is 0 Å². The Hall–Kier alpha value is 0.400. The van der Waals surface area contributed by atoms with Gasteiger partial charge in [-0.05, 0) is 24.8 Å². The van der Waals surface area contributed by atoms with Crippen molar-refractivity contribution in [1.29, 1.82) is 0 Å². The fourth-order valence-corrected chi connectivity index (χ4v) is 2.98. The summed E-state index contributed by atoms with van der Waals surface area (Å²) in [5, 5.41) is 2.89. The van der Waals surface area contributed by atoms with Gasteiger partial charge in [0.1, 0.15) is 0 Å². The molecule has 0 aromatic carbocycles. The molecule has 0 spiro atoms. The summed E-state index contributed by atoms with van der Waals surface area (Å²) in [6.45, 7) is 0.829. The van der Waals surface area contributed by atoms with Crippen molar-refractivity contribution in [2.24, 2.45) is 5.73 Å². The molecule has 1 rings (SSSR count). The van der Waals surface area contributed by atoms with E-state index in [4.69, 9.17) is 5.73 Å². The van der Waals surface area contributed by atoms with Gasteiger partial charge >= 0.3 is 0 Å². The predicted molar refractivity (Wildman–Crippen MR) is 46.4 cm³/mol. The minimum Gasteiger partial charge on any atom is -0.330 e. The summed E-state index contributed by atoms with van der Waals surface area (Å²) in [4.78, 5) is 0. The monoisotopic (exact) mass is 161 g/mol. The molecule has 0 saturated carbocycles. The van der Waals surface area contributed by atoms with Gasteiger partial charge in [-0.1, -0.05) is 27.7 Å². The molecular formula is C6H11NS2. The zero-order chi connectivity index (χ0) is 6.53. The SMILES string of the molecule is NCCCC1C=CSS1. The Morgan fingerprint density at radius 1 is 1.56 bits per heavy atom. The normalized spacial score (nSPS) is 25.2. The molecule has 0 bridgehead atoms. The first kappa shape index (κ1) is 7.51. The third kappa shape index (κ3) is 2.65. The highest BCUT2D eigenvalue weighted by atomic mass is 33.1. The molecular weight excluding hydrogens is 150 g/mol. The van der Waals surface area contributed by atoms with Crippen LogP contribution in [0, 0.1) is 0 Å². The predicted octanol–water partition coefficient (Wildman–Crippen LogP) is 2.00. The van der Waals surface area contributed by atoms with E-state index in [9.17, 15) is 0 Å². The molecule has 1 aliphatic heterocycles. The maximum Gasteiger partial charge on any atom is 0.0343 e. The molecule has 0 aromatic rings. The van der Waals surface area contributed by atoms with Crippen molar-refractivity contribution < 1.29 is 0 Å². The summed E-state index contributed by atoms with van der Waals surface area (Å²) >= 11 is 0. The van der Waals surface area contributed by atoms with Crippen LogP contribution in [0.2, 0.25) is 0 Å². The van der Waals surface area contributed by atoms with Gasteiger partial charge in [0.2, 0.25) is 0 Å². The fraction of sp³-hybridized carbons (Fsp3) is 0.667. The van der Waals surface area contributed by atoms with Gasteiger partial charge < -0.3 is 5.73 Å². The summed E-state index contributed by atoms with van der Waals surface area (Å²) in [7, 11) is 3.76. The van der Waals surface area contributed by atoms with Crippen molar-refractivity contribution in [2.75, 3.05) is 6.54 Å². The van der Waals surface area contributed by atoms with Crippen LogP contribution in [0.15, 0.2) is 11.5 Å². The largest absolute Gasteiger partial charge is 0.330 e. The molecule has 52 valence electrons. The van der Waals surface area contributed by atoms with Crippen LogP contribution in [0.1, 0.15) is 12.8 Å². The highest BCUT2D eigenvalue weighted by Gasteiger charge is 2.08. The number of rotatable bonds is 3.